The van der Waals surface area contributed by atoms with Gasteiger partial charge in [0.2, 0.25) is 5.91 Å². The van der Waals surface area contributed by atoms with Crippen LogP contribution in [-0.4, -0.2) is 31.2 Å². The molecule has 0 aromatic rings. The number of hydrogen-bond acceptors (Lipinski definition) is 3. The zero-order chi connectivity index (χ0) is 13.9. The highest BCUT2D eigenvalue weighted by Crippen LogP contribution is 2.33. The summed E-state index contributed by atoms with van der Waals surface area (Å²) in [5.41, 5.74) is 5.77. The van der Waals surface area contributed by atoms with Gasteiger partial charge in [-0.3, -0.25) is 4.79 Å². The molecule has 1 fully saturated rings. The molecule has 0 saturated heterocycles. The predicted octanol–water partition coefficient (Wildman–Crippen LogP) is 1.54. The highest BCUT2D eigenvalue weighted by atomic mass is 16.5. The fraction of sp³-hybridized carbons (Fsp3) is 0.929. The van der Waals surface area contributed by atoms with Crippen molar-refractivity contribution in [3.05, 3.63) is 0 Å². The second kappa shape index (κ2) is 6.02. The van der Waals surface area contributed by atoms with Crippen molar-refractivity contribution in [1.82, 2.24) is 5.32 Å². The Morgan fingerprint density at radius 2 is 1.94 bits per heavy atom. The van der Waals surface area contributed by atoms with Gasteiger partial charge in [0.25, 0.3) is 0 Å². The van der Waals surface area contributed by atoms with E-state index in [-0.39, 0.29) is 23.4 Å². The minimum Gasteiger partial charge on any atom is -0.382 e. The predicted molar refractivity (Wildman–Crippen MR) is 73.1 cm³/mol. The molecule has 106 valence electrons. The molecule has 3 N–H and O–H groups in total. The summed E-state index contributed by atoms with van der Waals surface area (Å²) >= 11 is 0. The lowest BCUT2D eigenvalue weighted by Crippen LogP contribution is -2.52. The van der Waals surface area contributed by atoms with E-state index in [9.17, 15) is 4.79 Å². The smallest absolute Gasteiger partial charge is 0.223 e. The molecule has 1 saturated carbocycles. The van der Waals surface area contributed by atoms with E-state index in [1.165, 1.54) is 0 Å². The highest BCUT2D eigenvalue weighted by Gasteiger charge is 2.36. The molecule has 18 heavy (non-hydrogen) atoms. The second-order valence-electron chi connectivity index (χ2n) is 6.50. The van der Waals surface area contributed by atoms with E-state index >= 15 is 0 Å². The first-order chi connectivity index (χ1) is 8.26. The fourth-order valence-electron chi connectivity index (χ4n) is 2.87. The number of carbonyl (C=O) groups is 1. The molecule has 0 aromatic carbocycles. The third kappa shape index (κ3) is 3.95. The Hall–Kier alpha value is -0.610. The Balaban J connectivity index is 2.61. The van der Waals surface area contributed by atoms with Crippen molar-refractivity contribution in [3.63, 3.8) is 0 Å². The van der Waals surface area contributed by atoms with Crippen molar-refractivity contribution in [2.45, 2.75) is 52.1 Å². The van der Waals surface area contributed by atoms with Crippen molar-refractivity contribution in [3.8, 4) is 0 Å². The second-order valence-corrected chi connectivity index (χ2v) is 6.50. The van der Waals surface area contributed by atoms with Gasteiger partial charge in [0.05, 0.1) is 12.1 Å². The Bertz CT molecular complexity index is 292. The number of amides is 1. The lowest BCUT2D eigenvalue weighted by atomic mass is 9.72. The topological polar surface area (TPSA) is 64.3 Å². The summed E-state index contributed by atoms with van der Waals surface area (Å²) in [5, 5.41) is 3.07. The number of carbonyl (C=O) groups excluding carboxylic acids is 1. The molecule has 0 heterocycles. The standard InChI is InChI=1S/C14H28N2O2/c1-9-6-10(2)12(15)7-11(9)13(17)16-14(3,4)8-18-5/h9-12H,6-8,15H2,1-5H3,(H,16,17). The van der Waals surface area contributed by atoms with Crippen LogP contribution in [0, 0.1) is 17.8 Å². The Morgan fingerprint density at radius 1 is 1.33 bits per heavy atom. The minimum absolute atomic E-state index is 0.0346. The van der Waals surface area contributed by atoms with Crippen molar-refractivity contribution < 1.29 is 9.53 Å². The normalized spacial score (nSPS) is 33.2. The van der Waals surface area contributed by atoms with Gasteiger partial charge in [-0.1, -0.05) is 13.8 Å². The molecule has 4 unspecified atom stereocenters. The number of methoxy groups -OCH3 is 1. The average Bonchev–Trinajstić information content (AvgIpc) is 2.22. The Morgan fingerprint density at radius 3 is 2.50 bits per heavy atom. The Labute approximate surface area is 111 Å². The summed E-state index contributed by atoms with van der Waals surface area (Å²) in [6.07, 6.45) is 1.82. The van der Waals surface area contributed by atoms with E-state index in [0.29, 0.717) is 18.4 Å². The molecule has 1 rings (SSSR count). The summed E-state index contributed by atoms with van der Waals surface area (Å²) in [5.74, 6) is 1.06. The van der Waals surface area contributed by atoms with Crippen LogP contribution in [0.1, 0.15) is 40.5 Å². The summed E-state index contributed by atoms with van der Waals surface area (Å²) < 4.78 is 5.12. The Kier molecular flexibility index (Phi) is 5.17. The largest absolute Gasteiger partial charge is 0.382 e. The van der Waals surface area contributed by atoms with Crippen molar-refractivity contribution in [2.24, 2.45) is 23.5 Å². The van der Waals surface area contributed by atoms with Gasteiger partial charge in [0.1, 0.15) is 0 Å². The monoisotopic (exact) mass is 256 g/mol. The molecule has 1 aliphatic carbocycles. The average molecular weight is 256 g/mol. The van der Waals surface area contributed by atoms with Gasteiger partial charge in [0.15, 0.2) is 0 Å². The molecule has 4 heteroatoms. The maximum absolute atomic E-state index is 12.3. The van der Waals surface area contributed by atoms with E-state index in [1.54, 1.807) is 7.11 Å². The molecule has 0 bridgehead atoms. The lowest BCUT2D eigenvalue weighted by molar-refractivity contribution is -0.130. The lowest BCUT2D eigenvalue weighted by Gasteiger charge is -2.38. The molecule has 1 aliphatic rings. The molecular formula is C14H28N2O2. The van der Waals surface area contributed by atoms with Crippen LogP contribution in [-0.2, 0) is 9.53 Å². The number of rotatable bonds is 4. The number of hydrogen-bond donors (Lipinski definition) is 2. The summed E-state index contributed by atoms with van der Waals surface area (Å²) in [6.45, 7) is 8.79. The molecule has 1 amide bonds. The van der Waals surface area contributed by atoms with E-state index in [0.717, 1.165) is 12.8 Å². The van der Waals surface area contributed by atoms with Crippen LogP contribution >= 0.6 is 0 Å². The van der Waals surface area contributed by atoms with E-state index < -0.39 is 0 Å². The molecule has 0 aliphatic heterocycles. The third-order valence-electron chi connectivity index (χ3n) is 3.99. The zero-order valence-corrected chi connectivity index (χ0v) is 12.3. The van der Waals surface area contributed by atoms with E-state index in [1.807, 2.05) is 13.8 Å². The van der Waals surface area contributed by atoms with Crippen molar-refractivity contribution in [2.75, 3.05) is 13.7 Å². The van der Waals surface area contributed by atoms with Crippen molar-refractivity contribution in [1.29, 1.82) is 0 Å². The number of ether oxygens (including phenoxy) is 1. The molecule has 0 radical (unpaired) electrons. The van der Waals surface area contributed by atoms with Crippen LogP contribution in [0.4, 0.5) is 0 Å². The quantitative estimate of drug-likeness (QED) is 0.802. The molecule has 4 atom stereocenters. The zero-order valence-electron chi connectivity index (χ0n) is 12.3. The van der Waals surface area contributed by atoms with Gasteiger partial charge in [0, 0.05) is 19.1 Å². The van der Waals surface area contributed by atoms with Crippen LogP contribution in [0.25, 0.3) is 0 Å². The summed E-state index contributed by atoms with van der Waals surface area (Å²) in [4.78, 5) is 12.3. The van der Waals surface area contributed by atoms with Crippen LogP contribution in [0.3, 0.4) is 0 Å². The molecule has 0 aromatic heterocycles. The van der Waals surface area contributed by atoms with Gasteiger partial charge >= 0.3 is 0 Å². The van der Waals surface area contributed by atoms with E-state index in [2.05, 4.69) is 19.2 Å². The summed E-state index contributed by atoms with van der Waals surface area (Å²) in [6, 6.07) is 0.141. The maximum Gasteiger partial charge on any atom is 0.223 e. The van der Waals surface area contributed by atoms with Crippen molar-refractivity contribution >= 4 is 5.91 Å². The van der Waals surface area contributed by atoms with E-state index in [4.69, 9.17) is 10.5 Å². The number of nitrogens with one attached hydrogen (secondary N) is 1. The van der Waals surface area contributed by atoms with Gasteiger partial charge in [-0.05, 0) is 38.5 Å². The van der Waals surface area contributed by atoms with Gasteiger partial charge in [-0.15, -0.1) is 0 Å². The fourth-order valence-corrected chi connectivity index (χ4v) is 2.87. The van der Waals surface area contributed by atoms with Gasteiger partial charge in [-0.2, -0.15) is 0 Å². The maximum atomic E-state index is 12.3. The first-order valence-corrected chi connectivity index (χ1v) is 6.83. The molecular weight excluding hydrogens is 228 g/mol. The third-order valence-corrected chi connectivity index (χ3v) is 3.99. The van der Waals surface area contributed by atoms with Crippen LogP contribution in [0.5, 0.6) is 0 Å². The van der Waals surface area contributed by atoms with Gasteiger partial charge < -0.3 is 15.8 Å². The summed E-state index contributed by atoms with van der Waals surface area (Å²) in [7, 11) is 1.65. The van der Waals surface area contributed by atoms with Crippen LogP contribution in [0.15, 0.2) is 0 Å². The van der Waals surface area contributed by atoms with Crippen LogP contribution < -0.4 is 11.1 Å². The number of nitrogens with two attached hydrogens (primary N) is 1. The molecule has 0 spiro atoms. The minimum atomic E-state index is -0.321. The highest BCUT2D eigenvalue weighted by molar-refractivity contribution is 5.79. The van der Waals surface area contributed by atoms with Gasteiger partial charge in [-0.25, -0.2) is 0 Å². The first kappa shape index (κ1) is 15.4. The SMILES string of the molecule is COCC(C)(C)NC(=O)C1CC(N)C(C)CC1C. The van der Waals surface area contributed by atoms with Crippen LogP contribution in [0.2, 0.25) is 0 Å². The molecule has 4 nitrogen and oxygen atoms in total. The first-order valence-electron chi connectivity index (χ1n) is 6.83.